The van der Waals surface area contributed by atoms with E-state index in [2.05, 4.69) is 12.5 Å². The number of ether oxygens (including phenoxy) is 2. The van der Waals surface area contributed by atoms with Gasteiger partial charge < -0.3 is 9.47 Å². The Morgan fingerprint density at radius 3 is 1.24 bits per heavy atom. The lowest BCUT2D eigenvalue weighted by Crippen LogP contribution is -2.05. The molecule has 1 aromatic carbocycles. The van der Waals surface area contributed by atoms with Gasteiger partial charge in [0, 0.05) is 13.8 Å². The molecule has 4 nitrogen and oxygen atoms in total. The fourth-order valence-corrected chi connectivity index (χ4v) is 17.4. The van der Waals surface area contributed by atoms with Gasteiger partial charge in [0.05, 0.1) is 43.7 Å². The highest BCUT2D eigenvalue weighted by atomic mass is 32.3. The maximum absolute atomic E-state index is 11.6. The monoisotopic (exact) mass is 638 g/mol. The van der Waals surface area contributed by atoms with Gasteiger partial charge in [0.25, 0.3) is 0 Å². The fraction of sp³-hybridized carbons (Fsp3) is 0.200. The summed E-state index contributed by atoms with van der Waals surface area (Å²) in [5.41, 5.74) is 0. The summed E-state index contributed by atoms with van der Waals surface area (Å²) in [7, 11) is 0. The van der Waals surface area contributed by atoms with Crippen LogP contribution in [0.15, 0.2) is 55.8 Å². The normalized spacial score (nSPS) is 19.4. The van der Waals surface area contributed by atoms with Crippen LogP contribution < -0.4 is 9.47 Å². The number of rotatable bonds is 4. The van der Waals surface area contributed by atoms with E-state index in [1.54, 1.807) is 59.2 Å². The van der Waals surface area contributed by atoms with Crippen molar-refractivity contribution >= 4 is 130 Å². The second-order valence-electron chi connectivity index (χ2n) is 6.43. The van der Waals surface area contributed by atoms with Crippen LogP contribution in [0.4, 0.5) is 0 Å². The first-order valence-corrected chi connectivity index (χ1v) is 18.4. The summed E-state index contributed by atoms with van der Waals surface area (Å²) in [6, 6.07) is 3.38. The average molecular weight is 639 g/mol. The Labute approximate surface area is 240 Å². The second-order valence-corrected chi connectivity index (χ2v) is 18.3. The third-order valence-electron chi connectivity index (χ3n) is 4.09. The summed E-state index contributed by atoms with van der Waals surface area (Å²) >= 11 is 17.9. The minimum Gasteiger partial charge on any atom is -0.425 e. The Bertz CT molecular complexity index is 1160. The van der Waals surface area contributed by atoms with Crippen LogP contribution >= 0.6 is 118 Å². The molecular formula is C20H14O4S10. The summed E-state index contributed by atoms with van der Waals surface area (Å²) in [6.07, 6.45) is 4.28. The van der Waals surface area contributed by atoms with Crippen molar-refractivity contribution < 1.29 is 19.1 Å². The predicted molar refractivity (Wildman–Crippen MR) is 161 cm³/mol. The van der Waals surface area contributed by atoms with Crippen LogP contribution in [0.25, 0.3) is 0 Å². The number of esters is 2. The van der Waals surface area contributed by atoms with Gasteiger partial charge in [0.2, 0.25) is 0 Å². The zero-order valence-electron chi connectivity index (χ0n) is 17.9. The molecule has 0 atom stereocenters. The van der Waals surface area contributed by atoms with Crippen molar-refractivity contribution in [1.29, 1.82) is 0 Å². The Morgan fingerprint density at radius 1 is 0.588 bits per heavy atom. The molecule has 0 bridgehead atoms. The minimum absolute atomic E-state index is 0.376. The quantitative estimate of drug-likeness (QED) is 0.232. The van der Waals surface area contributed by atoms with Gasteiger partial charge in [-0.3, -0.25) is 9.59 Å². The lowest BCUT2D eigenvalue weighted by Gasteiger charge is -2.09. The second kappa shape index (κ2) is 11.2. The molecule has 0 saturated carbocycles. The van der Waals surface area contributed by atoms with Crippen LogP contribution in [0, 0.1) is 0 Å². The van der Waals surface area contributed by atoms with Crippen LogP contribution in [0.2, 0.25) is 0 Å². The molecule has 178 valence electrons. The van der Waals surface area contributed by atoms with Gasteiger partial charge in [-0.15, -0.1) is 23.5 Å². The molecule has 4 aliphatic rings. The zero-order chi connectivity index (χ0) is 24.0. The van der Waals surface area contributed by atoms with Gasteiger partial charge in [-0.05, 0) is 24.6 Å². The molecule has 4 aliphatic heterocycles. The summed E-state index contributed by atoms with van der Waals surface area (Å²) in [5.74, 6) is 0.235. The lowest BCUT2D eigenvalue weighted by molar-refractivity contribution is -0.133. The molecule has 0 amide bonds. The van der Waals surface area contributed by atoms with E-state index in [4.69, 9.17) is 9.47 Å². The minimum atomic E-state index is -0.376. The molecule has 0 unspecified atom stereocenters. The number of thioether (sulfide) groups is 10. The maximum atomic E-state index is 11.6. The van der Waals surface area contributed by atoms with Crippen molar-refractivity contribution in [1.82, 2.24) is 0 Å². The van der Waals surface area contributed by atoms with E-state index in [9.17, 15) is 9.59 Å². The van der Waals surface area contributed by atoms with Crippen molar-refractivity contribution in [3.8, 4) is 11.5 Å². The molecule has 1 aromatic rings. The first-order chi connectivity index (χ1) is 16.4. The van der Waals surface area contributed by atoms with Crippen molar-refractivity contribution in [3.63, 3.8) is 0 Å². The number of carbonyl (C=O) groups excluding carboxylic acids is 2. The van der Waals surface area contributed by atoms with E-state index in [1.807, 2.05) is 70.6 Å². The van der Waals surface area contributed by atoms with E-state index in [0.29, 0.717) is 11.5 Å². The molecule has 34 heavy (non-hydrogen) atoms. The third kappa shape index (κ3) is 5.41. The van der Waals surface area contributed by atoms with Gasteiger partial charge in [-0.1, -0.05) is 94.1 Å². The molecule has 0 N–H and O–H groups in total. The first-order valence-electron chi connectivity index (χ1n) is 9.38. The van der Waals surface area contributed by atoms with Gasteiger partial charge in [-0.25, -0.2) is 0 Å². The van der Waals surface area contributed by atoms with E-state index in [0.717, 1.165) is 14.0 Å². The van der Waals surface area contributed by atoms with E-state index >= 15 is 0 Å². The predicted octanol–water partition coefficient (Wildman–Crippen LogP) is 9.41. The largest absolute Gasteiger partial charge is 0.425 e. The number of benzene rings is 1. The van der Waals surface area contributed by atoms with E-state index < -0.39 is 0 Å². The van der Waals surface area contributed by atoms with Gasteiger partial charge in [0.1, 0.15) is 11.5 Å². The first kappa shape index (κ1) is 26.2. The Morgan fingerprint density at radius 2 is 0.912 bits per heavy atom. The molecule has 0 aliphatic carbocycles. The number of hydrogen-bond donors (Lipinski definition) is 0. The van der Waals surface area contributed by atoms with Crippen LogP contribution in [0.3, 0.4) is 0 Å². The van der Waals surface area contributed by atoms with E-state index in [-0.39, 0.29) is 11.9 Å². The SMILES string of the molecule is CSC1=C(SC)SC(=C2SC3=C(S2)SC(=C2Sc4c(OC(C)=O)ccc(OC(C)=O)c4S2)S3)S1. The van der Waals surface area contributed by atoms with E-state index in [1.165, 1.54) is 43.5 Å². The highest BCUT2D eigenvalue weighted by molar-refractivity contribution is 8.50. The van der Waals surface area contributed by atoms with Gasteiger partial charge >= 0.3 is 11.9 Å². The molecule has 5 rings (SSSR count). The topological polar surface area (TPSA) is 52.6 Å². The molecule has 4 heterocycles. The summed E-state index contributed by atoms with van der Waals surface area (Å²) in [4.78, 5) is 24.8. The fourth-order valence-electron chi connectivity index (χ4n) is 2.84. The van der Waals surface area contributed by atoms with Crippen molar-refractivity contribution in [2.75, 3.05) is 12.5 Å². The standard InChI is InChI=1S/C20H14O4S10/c1-7(21)23-9-5-6-10(24-8(2)22)12-11(9)27-15(28-12)16-31-19-20(32-16)34-18(33-19)17-29-13(25-3)14(26-4)30-17/h5-6H,1-4H3. The highest BCUT2D eigenvalue weighted by Gasteiger charge is 2.38. The average Bonchev–Trinajstić information content (AvgIpc) is 3.54. The maximum Gasteiger partial charge on any atom is 0.308 e. The van der Waals surface area contributed by atoms with Gasteiger partial charge in [0.15, 0.2) is 0 Å². The smallest absolute Gasteiger partial charge is 0.308 e. The molecule has 0 fully saturated rings. The third-order valence-corrected chi connectivity index (χ3v) is 18.6. The molecule has 0 aromatic heterocycles. The number of carbonyl (C=O) groups is 2. The highest BCUT2D eigenvalue weighted by Crippen LogP contribution is 2.73. The van der Waals surface area contributed by atoms with Crippen molar-refractivity contribution in [2.45, 2.75) is 23.6 Å². The molecular weight excluding hydrogens is 625 g/mol. The zero-order valence-corrected chi connectivity index (χ0v) is 26.0. The van der Waals surface area contributed by atoms with Gasteiger partial charge in [-0.2, -0.15) is 0 Å². The number of hydrogen-bond acceptors (Lipinski definition) is 14. The molecule has 14 heteroatoms. The molecule has 0 saturated heterocycles. The van der Waals surface area contributed by atoms with Crippen molar-refractivity contribution in [3.05, 3.63) is 46.0 Å². The molecule has 0 spiro atoms. The van der Waals surface area contributed by atoms with Crippen molar-refractivity contribution in [2.24, 2.45) is 0 Å². The van der Waals surface area contributed by atoms with Crippen LogP contribution in [0.1, 0.15) is 13.8 Å². The van der Waals surface area contributed by atoms with Crippen LogP contribution in [-0.4, -0.2) is 24.5 Å². The summed E-state index contributed by atoms with van der Waals surface area (Å²) in [5, 5.41) is 0. The summed E-state index contributed by atoms with van der Waals surface area (Å²) < 4.78 is 21.3. The Hall–Kier alpha value is 0.620. The number of fused-ring (bicyclic) bond motifs is 1. The van der Waals surface area contributed by atoms with Crippen LogP contribution in [0.5, 0.6) is 11.5 Å². The molecule has 0 radical (unpaired) electrons. The Balaban J connectivity index is 1.34. The lowest BCUT2D eigenvalue weighted by atomic mass is 10.3. The Kier molecular flexibility index (Phi) is 8.61. The summed E-state index contributed by atoms with van der Waals surface area (Å²) in [6.45, 7) is 2.77. The van der Waals surface area contributed by atoms with Crippen LogP contribution in [-0.2, 0) is 9.59 Å².